The summed E-state index contributed by atoms with van der Waals surface area (Å²) in [7, 11) is 4.10. The molecular weight excluding hydrogens is 496 g/mol. The van der Waals surface area contributed by atoms with Crippen LogP contribution < -0.4 is 11.1 Å². The summed E-state index contributed by atoms with van der Waals surface area (Å²) in [5, 5.41) is 21.4. The Morgan fingerprint density at radius 1 is 0.800 bits per heavy atom. The summed E-state index contributed by atoms with van der Waals surface area (Å²) in [5.41, 5.74) is 12.3. The second kappa shape index (κ2) is 13.7. The first kappa shape index (κ1) is 28.7. The lowest BCUT2D eigenvalue weighted by molar-refractivity contribution is 0.0903. The number of carbonyl (C=O) groups excluding carboxylic acids is 1. The molecule has 4 aromatic rings. The zero-order valence-corrected chi connectivity index (χ0v) is 23.2. The molecule has 4 rings (SSSR count). The third kappa shape index (κ3) is 7.88. The lowest BCUT2D eigenvalue weighted by atomic mass is 9.88. The van der Waals surface area contributed by atoms with Crippen LogP contribution in [0.2, 0.25) is 0 Å². The van der Waals surface area contributed by atoms with E-state index in [0.717, 1.165) is 28.8 Å². The lowest BCUT2D eigenvalue weighted by Gasteiger charge is -2.27. The van der Waals surface area contributed by atoms with Crippen molar-refractivity contribution >= 4 is 11.7 Å². The summed E-state index contributed by atoms with van der Waals surface area (Å²) in [5.74, 6) is -0.403. The van der Waals surface area contributed by atoms with E-state index >= 15 is 0 Å². The molecule has 0 aliphatic carbocycles. The average Bonchev–Trinajstić information content (AvgIpc) is 2.96. The van der Waals surface area contributed by atoms with Crippen molar-refractivity contribution in [3.63, 3.8) is 0 Å². The van der Waals surface area contributed by atoms with Gasteiger partial charge in [-0.05, 0) is 79.0 Å². The van der Waals surface area contributed by atoms with Gasteiger partial charge in [0.25, 0.3) is 5.91 Å². The summed E-state index contributed by atoms with van der Waals surface area (Å²) in [6.07, 6.45) is 1.12. The van der Waals surface area contributed by atoms with Crippen molar-refractivity contribution < 1.29 is 9.90 Å². The van der Waals surface area contributed by atoms with E-state index in [9.17, 15) is 9.90 Å². The molecule has 4 aromatic carbocycles. The minimum absolute atomic E-state index is 0.00408. The third-order valence-corrected chi connectivity index (χ3v) is 7.06. The number of hydrogen-bond acceptors (Lipinski definition) is 4. The SMILES string of the molecule is CN(C)Cc1cccc(-c2ccc(C(=O)NC(Cc3ccccc3)C(CO)Cc3cccc(C(=N)N)c3)cc2)c1. The highest BCUT2D eigenvalue weighted by Crippen LogP contribution is 2.23. The molecule has 0 saturated heterocycles. The fourth-order valence-electron chi connectivity index (χ4n) is 4.99. The zero-order chi connectivity index (χ0) is 28.5. The fourth-order valence-corrected chi connectivity index (χ4v) is 4.99. The van der Waals surface area contributed by atoms with Crippen molar-refractivity contribution in [3.05, 3.63) is 131 Å². The summed E-state index contributed by atoms with van der Waals surface area (Å²) in [4.78, 5) is 15.6. The molecule has 6 nitrogen and oxygen atoms in total. The number of amides is 1. The molecule has 0 heterocycles. The van der Waals surface area contributed by atoms with E-state index in [1.807, 2.05) is 72.8 Å². The standard InChI is InChI=1S/C34H38N4O2/c1-38(2)22-26-11-7-12-29(20-26)27-14-16-28(17-15-27)34(40)37-32(21-24-8-4-3-5-9-24)31(23-39)19-25-10-6-13-30(18-25)33(35)36/h3-18,20,31-32,39H,19,21-23H2,1-2H3,(H3,35,36)(H,37,40). The van der Waals surface area contributed by atoms with Crippen LogP contribution >= 0.6 is 0 Å². The Morgan fingerprint density at radius 2 is 1.48 bits per heavy atom. The largest absolute Gasteiger partial charge is 0.396 e. The molecule has 0 aliphatic heterocycles. The first-order valence-electron chi connectivity index (χ1n) is 13.6. The van der Waals surface area contributed by atoms with Crippen LogP contribution in [0.5, 0.6) is 0 Å². The highest BCUT2D eigenvalue weighted by Gasteiger charge is 2.24. The lowest BCUT2D eigenvalue weighted by Crippen LogP contribution is -2.44. The number of benzene rings is 4. The normalized spacial score (nSPS) is 12.6. The summed E-state index contributed by atoms with van der Waals surface area (Å²) < 4.78 is 0. The number of aliphatic hydroxyl groups is 1. The molecule has 0 fully saturated rings. The topological polar surface area (TPSA) is 102 Å². The van der Waals surface area contributed by atoms with Crippen LogP contribution in [0.15, 0.2) is 103 Å². The van der Waals surface area contributed by atoms with Crippen molar-refractivity contribution in [2.75, 3.05) is 20.7 Å². The molecule has 1 amide bonds. The van der Waals surface area contributed by atoms with Crippen LogP contribution in [0.1, 0.15) is 32.6 Å². The molecule has 0 spiro atoms. The average molecular weight is 535 g/mol. The van der Waals surface area contributed by atoms with E-state index in [1.165, 1.54) is 5.56 Å². The van der Waals surface area contributed by atoms with Crippen molar-refractivity contribution in [2.24, 2.45) is 11.7 Å². The van der Waals surface area contributed by atoms with E-state index < -0.39 is 0 Å². The van der Waals surface area contributed by atoms with Crippen molar-refractivity contribution in [1.29, 1.82) is 5.41 Å². The number of aliphatic hydroxyl groups excluding tert-OH is 1. The van der Waals surface area contributed by atoms with Crippen LogP contribution in [0.3, 0.4) is 0 Å². The van der Waals surface area contributed by atoms with Gasteiger partial charge in [0.15, 0.2) is 0 Å². The zero-order valence-electron chi connectivity index (χ0n) is 23.2. The highest BCUT2D eigenvalue weighted by molar-refractivity contribution is 5.95. The monoisotopic (exact) mass is 534 g/mol. The second-order valence-corrected chi connectivity index (χ2v) is 10.5. The predicted octanol–water partition coefficient (Wildman–Crippen LogP) is 4.89. The number of carbonyl (C=O) groups is 1. The number of nitrogens with two attached hydrogens (primary N) is 1. The second-order valence-electron chi connectivity index (χ2n) is 10.5. The van der Waals surface area contributed by atoms with Gasteiger partial charge < -0.3 is 21.1 Å². The first-order chi connectivity index (χ1) is 19.3. The molecule has 0 saturated carbocycles. The summed E-state index contributed by atoms with van der Waals surface area (Å²) in [6.45, 7) is 0.770. The van der Waals surface area contributed by atoms with Crippen LogP contribution in [-0.2, 0) is 19.4 Å². The minimum atomic E-state index is -0.303. The molecule has 0 aliphatic rings. The molecule has 0 radical (unpaired) electrons. The Kier molecular flexibility index (Phi) is 9.84. The van der Waals surface area contributed by atoms with Crippen molar-refractivity contribution in [2.45, 2.75) is 25.4 Å². The molecule has 40 heavy (non-hydrogen) atoms. The number of hydrogen-bond donors (Lipinski definition) is 4. The van der Waals surface area contributed by atoms with Gasteiger partial charge in [-0.15, -0.1) is 0 Å². The minimum Gasteiger partial charge on any atom is -0.396 e. The fraction of sp³-hybridized carbons (Fsp3) is 0.235. The Hall–Kier alpha value is -4.26. The van der Waals surface area contributed by atoms with Crippen LogP contribution in [0.4, 0.5) is 0 Å². The maximum atomic E-state index is 13.4. The van der Waals surface area contributed by atoms with Crippen LogP contribution in [0.25, 0.3) is 11.1 Å². The number of nitrogens with one attached hydrogen (secondary N) is 2. The molecule has 2 unspecified atom stereocenters. The Bertz CT molecular complexity index is 1420. The van der Waals surface area contributed by atoms with Gasteiger partial charge in [0.2, 0.25) is 0 Å². The van der Waals surface area contributed by atoms with Gasteiger partial charge in [0.05, 0.1) is 0 Å². The Morgan fingerprint density at radius 3 is 2.15 bits per heavy atom. The van der Waals surface area contributed by atoms with E-state index in [-0.39, 0.29) is 30.3 Å². The number of nitrogen functional groups attached to an aromatic ring is 1. The predicted molar refractivity (Wildman–Crippen MR) is 162 cm³/mol. The third-order valence-electron chi connectivity index (χ3n) is 7.06. The van der Waals surface area contributed by atoms with E-state index in [4.69, 9.17) is 11.1 Å². The Labute approximate surface area is 237 Å². The molecular formula is C34H38N4O2. The van der Waals surface area contributed by atoms with Crippen LogP contribution in [0, 0.1) is 11.3 Å². The maximum Gasteiger partial charge on any atom is 0.251 e. The van der Waals surface area contributed by atoms with Gasteiger partial charge >= 0.3 is 0 Å². The molecule has 0 aromatic heterocycles. The van der Waals surface area contributed by atoms with Gasteiger partial charge in [0, 0.05) is 36.2 Å². The van der Waals surface area contributed by atoms with Gasteiger partial charge in [-0.25, -0.2) is 0 Å². The van der Waals surface area contributed by atoms with E-state index in [1.54, 1.807) is 6.07 Å². The van der Waals surface area contributed by atoms with Gasteiger partial charge in [-0.3, -0.25) is 10.2 Å². The van der Waals surface area contributed by atoms with Gasteiger partial charge in [-0.2, -0.15) is 0 Å². The molecule has 2 atom stereocenters. The van der Waals surface area contributed by atoms with E-state index in [2.05, 4.69) is 48.6 Å². The van der Waals surface area contributed by atoms with Crippen LogP contribution in [-0.4, -0.2) is 48.5 Å². The number of rotatable bonds is 12. The number of nitrogens with zero attached hydrogens (tertiary/aromatic N) is 1. The molecule has 5 N–H and O–H groups in total. The molecule has 206 valence electrons. The summed E-state index contributed by atoms with van der Waals surface area (Å²) >= 11 is 0. The van der Waals surface area contributed by atoms with Crippen molar-refractivity contribution in [3.8, 4) is 11.1 Å². The Balaban J connectivity index is 1.53. The summed E-state index contributed by atoms with van der Waals surface area (Å²) in [6, 6.07) is 33.3. The molecule has 6 heteroatoms. The quantitative estimate of drug-likeness (QED) is 0.153. The van der Waals surface area contributed by atoms with Gasteiger partial charge in [-0.1, -0.05) is 78.9 Å². The molecule has 0 bridgehead atoms. The number of amidine groups is 1. The first-order valence-corrected chi connectivity index (χ1v) is 13.6. The smallest absolute Gasteiger partial charge is 0.251 e. The van der Waals surface area contributed by atoms with E-state index in [0.29, 0.717) is 24.0 Å². The highest BCUT2D eigenvalue weighted by atomic mass is 16.3. The van der Waals surface area contributed by atoms with Gasteiger partial charge in [0.1, 0.15) is 5.84 Å². The van der Waals surface area contributed by atoms with Crippen molar-refractivity contribution in [1.82, 2.24) is 10.2 Å². The maximum absolute atomic E-state index is 13.4.